The minimum atomic E-state index is -1.22. The highest BCUT2D eigenvalue weighted by atomic mass is 35.5. The lowest BCUT2D eigenvalue weighted by Crippen LogP contribution is -2.34. The Labute approximate surface area is 120 Å². The SMILES string of the molecule is C=CCN(C(=O)O)C([C]=O)c1c[nH]c2cccc(Cl)c12. The van der Waals surface area contributed by atoms with E-state index in [1.807, 2.05) is 0 Å². The van der Waals surface area contributed by atoms with Gasteiger partial charge in [-0.3, -0.25) is 9.69 Å². The number of hydrogen-bond acceptors (Lipinski definition) is 2. The summed E-state index contributed by atoms with van der Waals surface area (Å²) in [5.41, 5.74) is 1.21. The van der Waals surface area contributed by atoms with Crippen LogP contribution in [0.15, 0.2) is 37.1 Å². The maximum Gasteiger partial charge on any atom is 0.408 e. The Morgan fingerprint density at radius 1 is 1.60 bits per heavy atom. The molecular formula is C14H12ClN2O3. The lowest BCUT2D eigenvalue weighted by atomic mass is 10.1. The van der Waals surface area contributed by atoms with Gasteiger partial charge in [-0.1, -0.05) is 23.7 Å². The molecule has 1 radical (unpaired) electrons. The molecule has 0 aliphatic rings. The molecule has 0 saturated carbocycles. The first kappa shape index (κ1) is 14.1. The Bertz CT molecular complexity index is 665. The molecule has 6 heteroatoms. The van der Waals surface area contributed by atoms with E-state index in [2.05, 4.69) is 11.6 Å². The largest absolute Gasteiger partial charge is 0.465 e. The number of benzene rings is 1. The lowest BCUT2D eigenvalue weighted by molar-refractivity contribution is 0.142. The van der Waals surface area contributed by atoms with Crippen molar-refractivity contribution in [1.82, 2.24) is 9.88 Å². The fraction of sp³-hybridized carbons (Fsp3) is 0.143. The highest BCUT2D eigenvalue weighted by Gasteiger charge is 2.27. The Kier molecular flexibility index (Phi) is 4.10. The van der Waals surface area contributed by atoms with Crippen LogP contribution in [-0.2, 0) is 4.79 Å². The zero-order valence-corrected chi connectivity index (χ0v) is 11.2. The predicted octanol–water partition coefficient (Wildman–Crippen LogP) is 3.14. The van der Waals surface area contributed by atoms with Crippen LogP contribution >= 0.6 is 11.6 Å². The van der Waals surface area contributed by atoms with Gasteiger partial charge in [0.05, 0.1) is 5.02 Å². The molecule has 2 rings (SSSR count). The first-order chi connectivity index (χ1) is 9.60. The topological polar surface area (TPSA) is 73.4 Å². The summed E-state index contributed by atoms with van der Waals surface area (Å²) in [4.78, 5) is 26.4. The average molecular weight is 292 g/mol. The molecule has 2 aromatic rings. The van der Waals surface area contributed by atoms with Crippen LogP contribution in [0.4, 0.5) is 4.79 Å². The van der Waals surface area contributed by atoms with E-state index in [1.54, 1.807) is 30.7 Å². The molecule has 1 unspecified atom stereocenters. The van der Waals surface area contributed by atoms with Gasteiger partial charge >= 0.3 is 6.09 Å². The van der Waals surface area contributed by atoms with Crippen LogP contribution in [0.3, 0.4) is 0 Å². The second-order valence-electron chi connectivity index (χ2n) is 4.15. The summed E-state index contributed by atoms with van der Waals surface area (Å²) < 4.78 is 0. The van der Waals surface area contributed by atoms with E-state index in [0.717, 1.165) is 10.4 Å². The second kappa shape index (κ2) is 5.79. The smallest absolute Gasteiger partial charge is 0.408 e. The number of fused-ring (bicyclic) bond motifs is 1. The fourth-order valence-corrected chi connectivity index (χ4v) is 2.39. The molecule has 103 valence electrons. The second-order valence-corrected chi connectivity index (χ2v) is 4.56. The highest BCUT2D eigenvalue weighted by Crippen LogP contribution is 2.32. The number of aromatic amines is 1. The minimum Gasteiger partial charge on any atom is -0.465 e. The summed E-state index contributed by atoms with van der Waals surface area (Å²) in [6, 6.07) is 4.19. The molecule has 0 spiro atoms. The van der Waals surface area contributed by atoms with Crippen molar-refractivity contribution in [3.8, 4) is 0 Å². The molecule has 0 saturated heterocycles. The molecule has 1 heterocycles. The predicted molar refractivity (Wildman–Crippen MR) is 76.7 cm³/mol. The van der Waals surface area contributed by atoms with Crippen molar-refractivity contribution in [3.63, 3.8) is 0 Å². The van der Waals surface area contributed by atoms with Crippen LogP contribution in [0, 0.1) is 0 Å². The lowest BCUT2D eigenvalue weighted by Gasteiger charge is -2.23. The Morgan fingerprint density at radius 3 is 2.95 bits per heavy atom. The van der Waals surface area contributed by atoms with Gasteiger partial charge in [-0.25, -0.2) is 4.79 Å². The van der Waals surface area contributed by atoms with Gasteiger partial charge in [0.25, 0.3) is 0 Å². The number of carbonyl (C=O) groups excluding carboxylic acids is 1. The number of nitrogens with one attached hydrogen (secondary N) is 1. The van der Waals surface area contributed by atoms with E-state index in [-0.39, 0.29) is 6.54 Å². The Hall–Kier alpha value is -2.27. The molecule has 0 aliphatic heterocycles. The first-order valence-electron chi connectivity index (χ1n) is 5.83. The van der Waals surface area contributed by atoms with Crippen LogP contribution in [0.25, 0.3) is 10.9 Å². The molecule has 5 nitrogen and oxygen atoms in total. The summed E-state index contributed by atoms with van der Waals surface area (Å²) in [6.07, 6.45) is 3.52. The van der Waals surface area contributed by atoms with Gasteiger partial charge in [-0.2, -0.15) is 0 Å². The monoisotopic (exact) mass is 291 g/mol. The van der Waals surface area contributed by atoms with Gasteiger partial charge in [-0.05, 0) is 12.1 Å². The number of H-pyrrole nitrogens is 1. The van der Waals surface area contributed by atoms with Crippen molar-refractivity contribution in [2.24, 2.45) is 0 Å². The Morgan fingerprint density at radius 2 is 2.35 bits per heavy atom. The van der Waals surface area contributed by atoms with Crippen LogP contribution in [0.2, 0.25) is 5.02 Å². The summed E-state index contributed by atoms with van der Waals surface area (Å²) in [5.74, 6) is 0. The molecule has 0 aliphatic carbocycles. The highest BCUT2D eigenvalue weighted by molar-refractivity contribution is 6.35. The maximum absolute atomic E-state index is 11.3. The number of aromatic nitrogens is 1. The van der Waals surface area contributed by atoms with Crippen LogP contribution < -0.4 is 0 Å². The van der Waals surface area contributed by atoms with Crippen molar-refractivity contribution < 1.29 is 14.7 Å². The number of carbonyl (C=O) groups is 1. The van der Waals surface area contributed by atoms with Crippen LogP contribution in [0.5, 0.6) is 0 Å². The summed E-state index contributed by atoms with van der Waals surface area (Å²) in [5, 5.41) is 10.3. The van der Waals surface area contributed by atoms with E-state index < -0.39 is 12.1 Å². The standard InChI is InChI=1S/C14H12ClN2O3/c1-2-6-17(14(19)20)12(8-18)9-7-16-11-5-3-4-10(15)13(9)11/h2-5,7,12,16H,1,6H2,(H,19,20). The number of hydrogen-bond donors (Lipinski definition) is 2. The summed E-state index contributed by atoms with van der Waals surface area (Å²) >= 11 is 6.13. The number of carboxylic acid groups (broad SMARTS) is 1. The molecular weight excluding hydrogens is 280 g/mol. The molecule has 0 fully saturated rings. The van der Waals surface area contributed by atoms with Gasteiger partial charge in [0.15, 0.2) is 0 Å². The Balaban J connectivity index is 2.56. The summed E-state index contributed by atoms with van der Waals surface area (Å²) in [6.45, 7) is 3.51. The number of amides is 1. The molecule has 1 amide bonds. The third-order valence-corrected chi connectivity index (χ3v) is 3.29. The van der Waals surface area contributed by atoms with E-state index in [4.69, 9.17) is 11.6 Å². The normalized spacial score (nSPS) is 12.1. The molecule has 1 atom stereocenters. The third-order valence-electron chi connectivity index (χ3n) is 2.97. The van der Waals surface area contributed by atoms with Crippen molar-refractivity contribution in [3.05, 3.63) is 47.6 Å². The van der Waals surface area contributed by atoms with Gasteiger partial charge in [0.2, 0.25) is 6.29 Å². The first-order valence-corrected chi connectivity index (χ1v) is 6.21. The minimum absolute atomic E-state index is 0.0202. The summed E-state index contributed by atoms with van der Waals surface area (Å²) in [7, 11) is 0. The van der Waals surface area contributed by atoms with Crippen molar-refractivity contribution in [1.29, 1.82) is 0 Å². The van der Waals surface area contributed by atoms with Crippen molar-refractivity contribution >= 4 is 34.9 Å². The van der Waals surface area contributed by atoms with Crippen molar-refractivity contribution in [2.75, 3.05) is 6.54 Å². The van der Waals surface area contributed by atoms with Crippen LogP contribution in [0.1, 0.15) is 11.6 Å². The molecule has 2 N–H and O–H groups in total. The van der Waals surface area contributed by atoms with E-state index >= 15 is 0 Å². The van der Waals surface area contributed by atoms with E-state index in [9.17, 15) is 14.7 Å². The fourth-order valence-electron chi connectivity index (χ4n) is 2.11. The van der Waals surface area contributed by atoms with Gasteiger partial charge in [0.1, 0.15) is 6.04 Å². The van der Waals surface area contributed by atoms with Gasteiger partial charge < -0.3 is 10.1 Å². The number of rotatable bonds is 5. The molecule has 20 heavy (non-hydrogen) atoms. The molecule has 1 aromatic carbocycles. The van der Waals surface area contributed by atoms with E-state index in [0.29, 0.717) is 16.0 Å². The van der Waals surface area contributed by atoms with Gasteiger partial charge in [-0.15, -0.1) is 6.58 Å². The molecule has 0 bridgehead atoms. The van der Waals surface area contributed by atoms with Crippen LogP contribution in [-0.4, -0.2) is 33.9 Å². The zero-order chi connectivity index (χ0) is 14.7. The quantitative estimate of drug-likeness (QED) is 0.831. The van der Waals surface area contributed by atoms with E-state index in [1.165, 1.54) is 6.08 Å². The van der Waals surface area contributed by atoms with Crippen molar-refractivity contribution in [2.45, 2.75) is 6.04 Å². The maximum atomic E-state index is 11.3. The average Bonchev–Trinajstić information content (AvgIpc) is 2.84. The third kappa shape index (κ3) is 2.40. The number of nitrogens with zero attached hydrogens (tertiary/aromatic N) is 1. The number of halogens is 1. The molecule has 1 aromatic heterocycles. The van der Waals surface area contributed by atoms with Gasteiger partial charge in [0, 0.05) is 29.2 Å². The zero-order valence-electron chi connectivity index (χ0n) is 10.5.